The van der Waals surface area contributed by atoms with Gasteiger partial charge >= 0.3 is 6.18 Å². The summed E-state index contributed by atoms with van der Waals surface area (Å²) >= 11 is 0. The van der Waals surface area contributed by atoms with Crippen LogP contribution in [0.3, 0.4) is 0 Å². The van der Waals surface area contributed by atoms with Crippen molar-refractivity contribution < 1.29 is 18.0 Å². The van der Waals surface area contributed by atoms with Crippen molar-refractivity contribution in [3.63, 3.8) is 0 Å². The van der Waals surface area contributed by atoms with Crippen molar-refractivity contribution in [2.24, 2.45) is 0 Å². The molecule has 0 aliphatic carbocycles. The van der Waals surface area contributed by atoms with E-state index in [1.807, 2.05) is 4.90 Å². The highest BCUT2D eigenvalue weighted by atomic mass is 19.4. The maximum Gasteiger partial charge on any atom is 0.416 e. The summed E-state index contributed by atoms with van der Waals surface area (Å²) in [6.07, 6.45) is -0.131. The van der Waals surface area contributed by atoms with Gasteiger partial charge in [0, 0.05) is 37.8 Å². The molecule has 11 heteroatoms. The first-order chi connectivity index (χ1) is 13.9. The number of halogens is 3. The third-order valence-electron chi connectivity index (χ3n) is 4.62. The Morgan fingerprint density at radius 1 is 0.966 bits per heavy atom. The number of nitrogens with zero attached hydrogens (tertiary/aromatic N) is 7. The fourth-order valence-corrected chi connectivity index (χ4v) is 3.11. The molecule has 3 aromatic rings. The van der Waals surface area contributed by atoms with E-state index < -0.39 is 17.6 Å². The Balaban J connectivity index is 1.44. The summed E-state index contributed by atoms with van der Waals surface area (Å²) in [6.45, 7) is 1.74. The fraction of sp³-hybridized carbons (Fsp3) is 0.278. The summed E-state index contributed by atoms with van der Waals surface area (Å²) in [4.78, 5) is 28.5. The largest absolute Gasteiger partial charge is 0.416 e. The first kappa shape index (κ1) is 18.8. The van der Waals surface area contributed by atoms with Gasteiger partial charge in [-0.25, -0.2) is 19.6 Å². The second-order valence-electron chi connectivity index (χ2n) is 6.43. The zero-order chi connectivity index (χ0) is 20.4. The predicted molar refractivity (Wildman–Crippen MR) is 96.5 cm³/mol. The standard InChI is InChI=1S/C18H16F3N7O/c19-18(20,21)14-3-1-2-13(8-14)17(29)27-6-4-26(5-7-27)15-9-16(24-11-23-15)28-12-22-10-25-28/h1-3,8-12H,4-7H2. The molecule has 0 radical (unpaired) electrons. The minimum absolute atomic E-state index is 0.0313. The highest BCUT2D eigenvalue weighted by molar-refractivity contribution is 5.94. The predicted octanol–water partition coefficient (Wildman–Crippen LogP) is 2.04. The smallest absolute Gasteiger partial charge is 0.353 e. The number of aromatic nitrogens is 5. The Morgan fingerprint density at radius 2 is 1.72 bits per heavy atom. The van der Waals surface area contributed by atoms with Crippen molar-refractivity contribution in [3.05, 3.63) is 60.4 Å². The summed E-state index contributed by atoms with van der Waals surface area (Å²) in [5, 5.41) is 4.03. The Kier molecular flexibility index (Phi) is 4.87. The quantitative estimate of drug-likeness (QED) is 0.666. The van der Waals surface area contributed by atoms with Crippen LogP contribution in [0.25, 0.3) is 5.82 Å². The van der Waals surface area contributed by atoms with Crippen LogP contribution in [0.15, 0.2) is 49.3 Å². The molecular formula is C18H16F3N7O. The zero-order valence-electron chi connectivity index (χ0n) is 15.1. The molecule has 1 aromatic carbocycles. The zero-order valence-corrected chi connectivity index (χ0v) is 15.1. The monoisotopic (exact) mass is 403 g/mol. The highest BCUT2D eigenvalue weighted by Crippen LogP contribution is 2.30. The van der Waals surface area contributed by atoms with E-state index in [9.17, 15) is 18.0 Å². The van der Waals surface area contributed by atoms with Crippen LogP contribution in [0, 0.1) is 0 Å². The number of carbonyl (C=O) groups is 1. The Labute approximate surface area is 163 Å². The number of benzene rings is 1. The van der Waals surface area contributed by atoms with Gasteiger partial charge in [0.15, 0.2) is 5.82 Å². The van der Waals surface area contributed by atoms with E-state index >= 15 is 0 Å². The number of amides is 1. The van der Waals surface area contributed by atoms with Gasteiger partial charge in [-0.3, -0.25) is 4.79 Å². The van der Waals surface area contributed by atoms with Crippen LogP contribution in [-0.4, -0.2) is 61.7 Å². The Bertz CT molecular complexity index is 999. The number of hydrogen-bond donors (Lipinski definition) is 0. The molecule has 1 saturated heterocycles. The number of anilines is 1. The molecule has 1 aliphatic heterocycles. The average Bonchev–Trinajstić information content (AvgIpc) is 3.28. The van der Waals surface area contributed by atoms with Crippen LogP contribution in [-0.2, 0) is 6.18 Å². The topological polar surface area (TPSA) is 80.0 Å². The van der Waals surface area contributed by atoms with Gasteiger partial charge in [0.2, 0.25) is 0 Å². The van der Waals surface area contributed by atoms with Gasteiger partial charge < -0.3 is 9.80 Å². The van der Waals surface area contributed by atoms with E-state index in [0.29, 0.717) is 37.8 Å². The van der Waals surface area contributed by atoms with Crippen molar-refractivity contribution >= 4 is 11.7 Å². The van der Waals surface area contributed by atoms with Gasteiger partial charge in [0.05, 0.1) is 5.56 Å². The van der Waals surface area contributed by atoms with Crippen LogP contribution in [0.5, 0.6) is 0 Å². The lowest BCUT2D eigenvalue weighted by molar-refractivity contribution is -0.137. The second-order valence-corrected chi connectivity index (χ2v) is 6.43. The minimum atomic E-state index is -4.48. The first-order valence-electron chi connectivity index (χ1n) is 8.80. The van der Waals surface area contributed by atoms with E-state index in [-0.39, 0.29) is 5.56 Å². The van der Waals surface area contributed by atoms with Crippen LogP contribution in [0.2, 0.25) is 0 Å². The second kappa shape index (κ2) is 7.49. The normalized spacial score (nSPS) is 14.9. The molecule has 2 aromatic heterocycles. The molecular weight excluding hydrogens is 387 g/mol. The summed E-state index contributed by atoms with van der Waals surface area (Å²) in [5.74, 6) is 0.827. The molecule has 29 heavy (non-hydrogen) atoms. The van der Waals surface area contributed by atoms with Crippen LogP contribution < -0.4 is 4.90 Å². The van der Waals surface area contributed by atoms with Crippen molar-refractivity contribution in [1.29, 1.82) is 0 Å². The molecule has 8 nitrogen and oxygen atoms in total. The molecule has 1 fully saturated rings. The highest BCUT2D eigenvalue weighted by Gasteiger charge is 2.31. The Morgan fingerprint density at radius 3 is 2.41 bits per heavy atom. The maximum absolute atomic E-state index is 12.9. The molecule has 0 N–H and O–H groups in total. The van der Waals surface area contributed by atoms with Crippen molar-refractivity contribution in [2.75, 3.05) is 31.1 Å². The molecule has 1 aliphatic rings. The summed E-state index contributed by atoms with van der Waals surface area (Å²) in [6, 6.07) is 6.26. The molecule has 0 unspecified atom stereocenters. The lowest BCUT2D eigenvalue weighted by Gasteiger charge is -2.35. The molecule has 0 saturated carbocycles. The van der Waals surface area contributed by atoms with Crippen LogP contribution in [0.4, 0.5) is 19.0 Å². The first-order valence-corrected chi connectivity index (χ1v) is 8.80. The Hall–Kier alpha value is -3.50. The summed E-state index contributed by atoms with van der Waals surface area (Å²) in [7, 11) is 0. The third-order valence-corrected chi connectivity index (χ3v) is 4.62. The van der Waals surface area contributed by atoms with Crippen LogP contribution >= 0.6 is 0 Å². The van der Waals surface area contributed by atoms with Gasteiger partial charge in [0.1, 0.15) is 24.8 Å². The lowest BCUT2D eigenvalue weighted by Crippen LogP contribution is -2.49. The lowest BCUT2D eigenvalue weighted by atomic mass is 10.1. The fourth-order valence-electron chi connectivity index (χ4n) is 3.11. The van der Waals surface area contributed by atoms with Gasteiger partial charge in [-0.05, 0) is 18.2 Å². The van der Waals surface area contributed by atoms with Crippen molar-refractivity contribution in [2.45, 2.75) is 6.18 Å². The van der Waals surface area contributed by atoms with E-state index in [4.69, 9.17) is 0 Å². The molecule has 1 amide bonds. The molecule has 0 bridgehead atoms. The maximum atomic E-state index is 12.9. The van der Waals surface area contributed by atoms with Gasteiger partial charge in [-0.2, -0.15) is 18.3 Å². The number of carbonyl (C=O) groups excluding carboxylic acids is 1. The molecule has 4 rings (SSSR count). The van der Waals surface area contributed by atoms with Gasteiger partial charge in [-0.15, -0.1) is 0 Å². The molecule has 3 heterocycles. The number of alkyl halides is 3. The number of hydrogen-bond acceptors (Lipinski definition) is 6. The van der Waals surface area contributed by atoms with E-state index in [0.717, 1.165) is 12.1 Å². The van der Waals surface area contributed by atoms with Crippen molar-refractivity contribution in [1.82, 2.24) is 29.6 Å². The summed E-state index contributed by atoms with van der Waals surface area (Å²) < 4.78 is 40.2. The van der Waals surface area contributed by atoms with E-state index in [1.54, 1.807) is 11.0 Å². The van der Waals surface area contributed by atoms with Crippen LogP contribution in [0.1, 0.15) is 15.9 Å². The van der Waals surface area contributed by atoms with E-state index in [1.165, 1.54) is 35.8 Å². The van der Waals surface area contributed by atoms with Crippen molar-refractivity contribution in [3.8, 4) is 5.82 Å². The number of piperazine rings is 1. The van der Waals surface area contributed by atoms with Gasteiger partial charge in [-0.1, -0.05) is 6.07 Å². The minimum Gasteiger partial charge on any atom is -0.353 e. The SMILES string of the molecule is O=C(c1cccc(C(F)(F)F)c1)N1CCN(c2cc(-n3cncn3)ncn2)CC1. The number of rotatable bonds is 3. The van der Waals surface area contributed by atoms with Gasteiger partial charge in [0.25, 0.3) is 5.91 Å². The molecule has 0 spiro atoms. The molecule has 150 valence electrons. The molecule has 0 atom stereocenters. The summed E-state index contributed by atoms with van der Waals surface area (Å²) in [5.41, 5.74) is -0.799. The average molecular weight is 403 g/mol. The third kappa shape index (κ3) is 4.03. The van der Waals surface area contributed by atoms with E-state index in [2.05, 4.69) is 20.1 Å².